The van der Waals surface area contributed by atoms with Gasteiger partial charge in [-0.15, -0.1) is 0 Å². The first kappa shape index (κ1) is 22.1. The lowest BCUT2D eigenvalue weighted by atomic mass is 10.1. The fourth-order valence-corrected chi connectivity index (χ4v) is 3.73. The van der Waals surface area contributed by atoms with Crippen LogP contribution in [0.25, 0.3) is 0 Å². The highest BCUT2D eigenvalue weighted by Crippen LogP contribution is 2.27. The number of nitrogens with one attached hydrogen (secondary N) is 1. The smallest absolute Gasteiger partial charge is 0.407 e. The molecule has 2 heterocycles. The monoisotopic (exact) mass is 447 g/mol. The highest BCUT2D eigenvalue weighted by atomic mass is 16.5. The van der Waals surface area contributed by atoms with Crippen molar-refractivity contribution in [3.8, 4) is 11.5 Å². The van der Waals surface area contributed by atoms with Crippen molar-refractivity contribution in [1.82, 2.24) is 9.88 Å². The standard InChI is InChI=1S/C25H25N3O5/c29-24(27-19-8-4-12-26-15-19)22-14-21(32-17-20-9-5-13-28(20)25(30)31)10-11-23(22)33-16-18-6-2-1-3-7-18/h1-4,6-8,10-12,14-15,20H,5,9,13,16-17H2,(H,27,29)(H,30,31)/t20-/m0/s1. The summed E-state index contributed by atoms with van der Waals surface area (Å²) in [4.78, 5) is 29.8. The Morgan fingerprint density at radius 1 is 1.09 bits per heavy atom. The summed E-state index contributed by atoms with van der Waals surface area (Å²) in [5.41, 5.74) is 1.85. The van der Waals surface area contributed by atoms with Crippen molar-refractivity contribution in [1.29, 1.82) is 0 Å². The highest BCUT2D eigenvalue weighted by Gasteiger charge is 2.29. The molecule has 1 saturated heterocycles. The average Bonchev–Trinajstić information content (AvgIpc) is 3.32. The Bertz CT molecular complexity index is 1090. The van der Waals surface area contributed by atoms with E-state index in [1.807, 2.05) is 30.3 Å². The molecule has 8 heteroatoms. The molecule has 2 amide bonds. The van der Waals surface area contributed by atoms with Crippen LogP contribution in [0, 0.1) is 0 Å². The Labute approximate surface area is 191 Å². The minimum absolute atomic E-state index is 0.204. The first-order chi connectivity index (χ1) is 16.1. The molecule has 0 saturated carbocycles. The molecule has 1 aromatic heterocycles. The summed E-state index contributed by atoms with van der Waals surface area (Å²) in [5.74, 6) is 0.529. The number of anilines is 1. The Morgan fingerprint density at radius 2 is 1.94 bits per heavy atom. The molecule has 4 rings (SSSR count). The Morgan fingerprint density at radius 3 is 2.70 bits per heavy atom. The van der Waals surface area contributed by atoms with Gasteiger partial charge in [0, 0.05) is 12.7 Å². The highest BCUT2D eigenvalue weighted by molar-refractivity contribution is 6.06. The van der Waals surface area contributed by atoms with E-state index in [0.29, 0.717) is 35.9 Å². The second-order valence-corrected chi connectivity index (χ2v) is 7.71. The molecule has 0 spiro atoms. The van der Waals surface area contributed by atoms with Crippen molar-refractivity contribution >= 4 is 17.7 Å². The van der Waals surface area contributed by atoms with Gasteiger partial charge in [-0.3, -0.25) is 9.78 Å². The number of carboxylic acid groups (broad SMARTS) is 1. The number of amides is 2. The summed E-state index contributed by atoms with van der Waals surface area (Å²) in [5, 5.41) is 12.1. The number of carbonyl (C=O) groups is 2. The minimum Gasteiger partial charge on any atom is -0.491 e. The van der Waals surface area contributed by atoms with E-state index in [9.17, 15) is 14.7 Å². The zero-order chi connectivity index (χ0) is 23.0. The van der Waals surface area contributed by atoms with Crippen LogP contribution in [0.4, 0.5) is 10.5 Å². The molecule has 8 nitrogen and oxygen atoms in total. The van der Waals surface area contributed by atoms with Gasteiger partial charge in [0.15, 0.2) is 0 Å². The van der Waals surface area contributed by atoms with E-state index in [1.54, 1.807) is 42.7 Å². The SMILES string of the molecule is O=C(Nc1cccnc1)c1cc(OC[C@@H]2CCCN2C(=O)O)ccc1OCc1ccccc1. The molecule has 1 aliphatic rings. The molecule has 170 valence electrons. The van der Waals surface area contributed by atoms with E-state index in [2.05, 4.69) is 10.3 Å². The van der Waals surface area contributed by atoms with Crippen LogP contribution in [-0.4, -0.2) is 46.2 Å². The van der Waals surface area contributed by atoms with Crippen LogP contribution in [0.1, 0.15) is 28.8 Å². The van der Waals surface area contributed by atoms with Crippen molar-refractivity contribution in [2.45, 2.75) is 25.5 Å². The molecule has 33 heavy (non-hydrogen) atoms. The van der Waals surface area contributed by atoms with Gasteiger partial charge in [-0.25, -0.2) is 4.79 Å². The number of aromatic nitrogens is 1. The topological polar surface area (TPSA) is 101 Å². The average molecular weight is 447 g/mol. The summed E-state index contributed by atoms with van der Waals surface area (Å²) in [6.45, 7) is 1.04. The maximum atomic E-state index is 13.0. The van der Waals surface area contributed by atoms with Gasteiger partial charge in [0.25, 0.3) is 5.91 Å². The molecule has 0 unspecified atom stereocenters. The molecular weight excluding hydrogens is 422 g/mol. The third kappa shape index (κ3) is 5.79. The van der Waals surface area contributed by atoms with Gasteiger partial charge >= 0.3 is 6.09 Å². The third-order valence-electron chi connectivity index (χ3n) is 5.42. The van der Waals surface area contributed by atoms with Crippen molar-refractivity contribution < 1.29 is 24.2 Å². The number of hydrogen-bond acceptors (Lipinski definition) is 5. The Hall–Kier alpha value is -4.07. The van der Waals surface area contributed by atoms with Crippen LogP contribution in [-0.2, 0) is 6.61 Å². The zero-order valence-corrected chi connectivity index (χ0v) is 18.0. The fourth-order valence-electron chi connectivity index (χ4n) is 3.73. The van der Waals surface area contributed by atoms with E-state index in [4.69, 9.17) is 9.47 Å². The van der Waals surface area contributed by atoms with Gasteiger partial charge in [-0.1, -0.05) is 30.3 Å². The number of carbonyl (C=O) groups excluding carboxylic acids is 1. The zero-order valence-electron chi connectivity index (χ0n) is 18.0. The number of hydrogen-bond donors (Lipinski definition) is 2. The van der Waals surface area contributed by atoms with Gasteiger partial charge in [0.2, 0.25) is 0 Å². The predicted octanol–water partition coefficient (Wildman–Crippen LogP) is 4.43. The lowest BCUT2D eigenvalue weighted by Gasteiger charge is -2.22. The van der Waals surface area contributed by atoms with Crippen molar-refractivity contribution in [2.75, 3.05) is 18.5 Å². The normalized spacial score (nSPS) is 15.2. The van der Waals surface area contributed by atoms with Crippen molar-refractivity contribution in [3.05, 3.63) is 84.2 Å². The van der Waals surface area contributed by atoms with Gasteiger partial charge < -0.3 is 24.8 Å². The van der Waals surface area contributed by atoms with E-state index < -0.39 is 6.09 Å². The fraction of sp³-hybridized carbons (Fsp3) is 0.240. The summed E-state index contributed by atoms with van der Waals surface area (Å²) in [6, 6.07) is 18.0. The maximum absolute atomic E-state index is 13.0. The van der Waals surface area contributed by atoms with E-state index in [1.165, 1.54) is 4.90 Å². The minimum atomic E-state index is -0.942. The number of pyridine rings is 1. The first-order valence-corrected chi connectivity index (χ1v) is 10.7. The summed E-state index contributed by atoms with van der Waals surface area (Å²) >= 11 is 0. The third-order valence-corrected chi connectivity index (χ3v) is 5.42. The summed E-state index contributed by atoms with van der Waals surface area (Å²) in [7, 11) is 0. The number of likely N-dealkylation sites (tertiary alicyclic amines) is 1. The van der Waals surface area contributed by atoms with Gasteiger partial charge in [0.05, 0.1) is 23.5 Å². The Kier molecular flexibility index (Phi) is 7.04. The number of nitrogens with zero attached hydrogens (tertiary/aromatic N) is 2. The number of benzene rings is 2. The second kappa shape index (κ2) is 10.5. The van der Waals surface area contributed by atoms with Gasteiger partial charge in [0.1, 0.15) is 24.7 Å². The molecule has 0 radical (unpaired) electrons. The summed E-state index contributed by atoms with van der Waals surface area (Å²) in [6.07, 6.45) is 3.80. The van der Waals surface area contributed by atoms with E-state index >= 15 is 0 Å². The van der Waals surface area contributed by atoms with Crippen LogP contribution in [0.3, 0.4) is 0 Å². The van der Waals surface area contributed by atoms with Crippen LogP contribution in [0.5, 0.6) is 11.5 Å². The Balaban J connectivity index is 1.51. The lowest BCUT2D eigenvalue weighted by Crippen LogP contribution is -2.38. The molecule has 1 atom stereocenters. The molecule has 2 aromatic carbocycles. The van der Waals surface area contributed by atoms with Crippen molar-refractivity contribution in [3.63, 3.8) is 0 Å². The number of rotatable bonds is 8. The van der Waals surface area contributed by atoms with Crippen LogP contribution < -0.4 is 14.8 Å². The van der Waals surface area contributed by atoms with E-state index in [-0.39, 0.29) is 18.6 Å². The molecule has 0 aliphatic carbocycles. The molecule has 0 bridgehead atoms. The predicted molar refractivity (Wildman–Crippen MR) is 123 cm³/mol. The van der Waals surface area contributed by atoms with Crippen LogP contribution >= 0.6 is 0 Å². The molecule has 3 aromatic rings. The lowest BCUT2D eigenvalue weighted by molar-refractivity contribution is 0.102. The summed E-state index contributed by atoms with van der Waals surface area (Å²) < 4.78 is 11.8. The van der Waals surface area contributed by atoms with Gasteiger partial charge in [-0.05, 0) is 48.7 Å². The molecule has 1 aliphatic heterocycles. The maximum Gasteiger partial charge on any atom is 0.407 e. The quantitative estimate of drug-likeness (QED) is 0.530. The number of ether oxygens (including phenoxy) is 2. The van der Waals surface area contributed by atoms with Gasteiger partial charge in [-0.2, -0.15) is 0 Å². The molecule has 1 fully saturated rings. The van der Waals surface area contributed by atoms with Crippen LogP contribution in [0.15, 0.2) is 73.1 Å². The second-order valence-electron chi connectivity index (χ2n) is 7.71. The van der Waals surface area contributed by atoms with Crippen molar-refractivity contribution in [2.24, 2.45) is 0 Å². The largest absolute Gasteiger partial charge is 0.491 e. The molecule has 2 N–H and O–H groups in total. The van der Waals surface area contributed by atoms with Crippen LogP contribution in [0.2, 0.25) is 0 Å². The first-order valence-electron chi connectivity index (χ1n) is 10.7. The molecular formula is C25H25N3O5. The van der Waals surface area contributed by atoms with E-state index in [0.717, 1.165) is 18.4 Å².